The van der Waals surface area contributed by atoms with Crippen molar-refractivity contribution in [3.63, 3.8) is 0 Å². The Labute approximate surface area is 411 Å². The predicted octanol–water partition coefficient (Wildman–Crippen LogP) is 3.72. The number of hydrogen-bond donors (Lipinski definition) is 8. The van der Waals surface area contributed by atoms with Crippen LogP contribution < -0.4 is 21.8 Å². The lowest BCUT2D eigenvalue weighted by Gasteiger charge is -2.31. The second-order valence-electron chi connectivity index (χ2n) is 14.2. The van der Waals surface area contributed by atoms with Crippen molar-refractivity contribution in [1.29, 1.82) is 0 Å². The molecular formula is C46H54Cl2N4O18. The minimum Gasteiger partial charge on any atom is -0.481 e. The van der Waals surface area contributed by atoms with E-state index in [1.54, 1.807) is 76.2 Å². The summed E-state index contributed by atoms with van der Waals surface area (Å²) in [6.07, 6.45) is 0.380. The number of nitrogens with one attached hydrogen (secondary N) is 3. The van der Waals surface area contributed by atoms with Gasteiger partial charge in [0.15, 0.2) is 0 Å². The SMILES string of the molecule is CCOC(=O)C1=C(COCCN)NC(C)=C(C(=O)OC)C1c1ccccc1Cl.CCOC(=O)C1=C(CONC(CC(=O)O)C(=O)O)NC(C)=C(C(=O)OC)C1c1ccccc1Cl.O=C(O)/C=C\C(=O)O. The fraction of sp³-hybridized carbons (Fsp3) is 0.348. The molecule has 0 aromatic heterocycles. The molecule has 70 heavy (non-hydrogen) atoms. The van der Waals surface area contributed by atoms with Gasteiger partial charge in [-0.2, -0.15) is 5.48 Å². The van der Waals surface area contributed by atoms with Crippen LogP contribution in [0.15, 0.2) is 106 Å². The largest absolute Gasteiger partial charge is 0.481 e. The number of methoxy groups -OCH3 is 2. The summed E-state index contributed by atoms with van der Waals surface area (Å²) in [5.74, 6) is -9.58. The van der Waals surface area contributed by atoms with E-state index in [2.05, 4.69) is 16.1 Å². The smallest absolute Gasteiger partial charge is 0.336 e. The van der Waals surface area contributed by atoms with Gasteiger partial charge in [0.05, 0.1) is 92.6 Å². The quantitative estimate of drug-likeness (QED) is 0.0290. The van der Waals surface area contributed by atoms with Crippen molar-refractivity contribution in [3.05, 3.63) is 127 Å². The lowest BCUT2D eigenvalue weighted by Crippen LogP contribution is -2.40. The number of ether oxygens (including phenoxy) is 5. The van der Waals surface area contributed by atoms with Crippen molar-refractivity contribution in [2.24, 2.45) is 5.73 Å². The van der Waals surface area contributed by atoms with Crippen LogP contribution in [0.3, 0.4) is 0 Å². The molecule has 2 aromatic carbocycles. The number of rotatable bonds is 21. The van der Waals surface area contributed by atoms with Gasteiger partial charge in [-0.15, -0.1) is 0 Å². The summed E-state index contributed by atoms with van der Waals surface area (Å²) in [6.45, 7) is 7.28. The molecule has 9 N–H and O–H groups in total. The number of esters is 4. The third-order valence-electron chi connectivity index (χ3n) is 9.52. The van der Waals surface area contributed by atoms with E-state index in [9.17, 15) is 43.5 Å². The van der Waals surface area contributed by atoms with Crippen LogP contribution in [0.4, 0.5) is 0 Å². The van der Waals surface area contributed by atoms with Crippen LogP contribution in [0, 0.1) is 0 Å². The average molecular weight is 1020 g/mol. The van der Waals surface area contributed by atoms with E-state index in [1.807, 2.05) is 0 Å². The fourth-order valence-electron chi connectivity index (χ4n) is 6.69. The van der Waals surface area contributed by atoms with Gasteiger partial charge in [-0.1, -0.05) is 59.6 Å². The second kappa shape index (κ2) is 29.7. The lowest BCUT2D eigenvalue weighted by atomic mass is 9.80. The molecule has 0 saturated carbocycles. The molecule has 380 valence electrons. The molecular weight excluding hydrogens is 967 g/mol. The highest BCUT2D eigenvalue weighted by Crippen LogP contribution is 2.43. The number of hydrogen-bond acceptors (Lipinski definition) is 18. The normalized spacial score (nSPS) is 15.8. The Morgan fingerprint density at radius 1 is 0.671 bits per heavy atom. The number of aliphatic carboxylic acids is 4. The van der Waals surface area contributed by atoms with Gasteiger partial charge in [0.25, 0.3) is 0 Å². The highest BCUT2D eigenvalue weighted by molar-refractivity contribution is 6.32. The van der Waals surface area contributed by atoms with Gasteiger partial charge in [-0.3, -0.25) is 14.4 Å². The van der Waals surface area contributed by atoms with Crippen molar-refractivity contribution < 1.29 is 87.3 Å². The molecule has 22 nitrogen and oxygen atoms in total. The van der Waals surface area contributed by atoms with E-state index in [0.29, 0.717) is 64.1 Å². The predicted molar refractivity (Wildman–Crippen MR) is 248 cm³/mol. The molecule has 0 amide bonds. The maximum atomic E-state index is 13.0. The summed E-state index contributed by atoms with van der Waals surface area (Å²) in [7, 11) is 2.50. The monoisotopic (exact) mass is 1020 g/mol. The van der Waals surface area contributed by atoms with E-state index in [0.717, 1.165) is 0 Å². The topological polar surface area (TPSA) is 335 Å². The molecule has 2 aliphatic heterocycles. The third-order valence-corrected chi connectivity index (χ3v) is 10.2. The molecule has 24 heteroatoms. The Morgan fingerprint density at radius 3 is 1.43 bits per heavy atom. The van der Waals surface area contributed by atoms with E-state index in [4.69, 9.17) is 72.8 Å². The van der Waals surface area contributed by atoms with E-state index in [-0.39, 0.29) is 53.9 Å². The zero-order valence-electron chi connectivity index (χ0n) is 38.8. The van der Waals surface area contributed by atoms with Gasteiger partial charge in [0, 0.05) is 40.1 Å². The zero-order chi connectivity index (χ0) is 52.7. The number of carboxylic acids is 4. The fourth-order valence-corrected chi connectivity index (χ4v) is 7.18. The Balaban J connectivity index is 0.000000420. The number of benzene rings is 2. The van der Waals surface area contributed by atoms with Gasteiger partial charge in [0.1, 0.15) is 12.6 Å². The number of halogens is 2. The summed E-state index contributed by atoms with van der Waals surface area (Å²) in [6, 6.07) is 12.2. The first-order chi connectivity index (χ1) is 33.2. The van der Waals surface area contributed by atoms with Crippen LogP contribution >= 0.6 is 23.2 Å². The van der Waals surface area contributed by atoms with Crippen LogP contribution in [0.1, 0.15) is 57.1 Å². The van der Waals surface area contributed by atoms with Crippen LogP contribution in [-0.4, -0.2) is 128 Å². The number of carbonyl (C=O) groups excluding carboxylic acids is 4. The summed E-state index contributed by atoms with van der Waals surface area (Å²) < 4.78 is 25.9. The number of carbonyl (C=O) groups is 8. The summed E-state index contributed by atoms with van der Waals surface area (Å²) in [5.41, 5.74) is 11.0. The van der Waals surface area contributed by atoms with Crippen molar-refractivity contribution in [2.45, 2.75) is 52.0 Å². The molecule has 0 radical (unpaired) electrons. The number of dihydropyridines is 2. The Kier molecular flexibility index (Phi) is 25.1. The van der Waals surface area contributed by atoms with Gasteiger partial charge >= 0.3 is 47.8 Å². The first kappa shape index (κ1) is 59.0. The standard InChI is InChI=1S/C22H25ClN2O9.C20H25ClN2O5.C4H4O4/c1-4-33-22(31)19-15(10-34-25-14(20(28)29)9-16(26)27)24-11(2)17(21(30)32-3)18(19)12-7-5-6-8-13(12)23;1-4-28-20(25)18-15(11-27-10-9-22)23-12(2)16(19(24)26-3)17(18)13-7-5-6-8-14(13)21;5-3(6)1-2-4(7)8/h5-8,14,18,24-25H,4,9-10H2,1-3H3,(H,26,27)(H,28,29);5-8,17,23H,4,9-11,22H2,1-3H3;1-2H,(H,5,6)(H,7,8)/b;;2-1-. The molecule has 4 rings (SSSR count). The van der Waals surface area contributed by atoms with Crippen molar-refractivity contribution in [3.8, 4) is 0 Å². The third kappa shape index (κ3) is 17.2. The number of hydroxylamine groups is 1. The maximum absolute atomic E-state index is 13.0. The summed E-state index contributed by atoms with van der Waals surface area (Å²) >= 11 is 12.8. The van der Waals surface area contributed by atoms with Crippen LogP contribution in [0.5, 0.6) is 0 Å². The Morgan fingerprint density at radius 2 is 1.09 bits per heavy atom. The summed E-state index contributed by atoms with van der Waals surface area (Å²) in [4.78, 5) is 97.7. The summed E-state index contributed by atoms with van der Waals surface area (Å²) in [5, 5.41) is 40.4. The van der Waals surface area contributed by atoms with Crippen LogP contribution in [0.25, 0.3) is 0 Å². The first-order valence-electron chi connectivity index (χ1n) is 20.9. The molecule has 2 aliphatic rings. The molecule has 2 heterocycles. The average Bonchev–Trinajstić information content (AvgIpc) is 3.30. The highest BCUT2D eigenvalue weighted by atomic mass is 35.5. The molecule has 3 unspecified atom stereocenters. The van der Waals surface area contributed by atoms with Gasteiger partial charge < -0.3 is 60.5 Å². The highest BCUT2D eigenvalue weighted by Gasteiger charge is 2.41. The minimum atomic E-state index is -1.53. The molecule has 0 saturated heterocycles. The van der Waals surface area contributed by atoms with E-state index < -0.39 is 72.1 Å². The van der Waals surface area contributed by atoms with E-state index in [1.165, 1.54) is 14.2 Å². The number of nitrogens with two attached hydrogens (primary N) is 1. The van der Waals surface area contributed by atoms with Gasteiger partial charge in [0.2, 0.25) is 0 Å². The van der Waals surface area contributed by atoms with Crippen molar-refractivity contribution in [2.75, 3.05) is 53.8 Å². The van der Waals surface area contributed by atoms with Gasteiger partial charge in [-0.05, 0) is 51.0 Å². The molecule has 2 aromatic rings. The maximum Gasteiger partial charge on any atom is 0.336 e. The minimum absolute atomic E-state index is 0.00728. The van der Waals surface area contributed by atoms with E-state index >= 15 is 0 Å². The van der Waals surface area contributed by atoms with Crippen LogP contribution in [-0.2, 0) is 66.9 Å². The van der Waals surface area contributed by atoms with Crippen molar-refractivity contribution in [1.82, 2.24) is 16.1 Å². The zero-order valence-corrected chi connectivity index (χ0v) is 40.3. The number of allylic oxidation sites excluding steroid dienone is 2. The first-order valence-corrected chi connectivity index (χ1v) is 21.6. The number of carboxylic acid groups (broad SMARTS) is 4. The molecule has 0 bridgehead atoms. The second-order valence-corrected chi connectivity index (χ2v) is 15.0. The van der Waals surface area contributed by atoms with Crippen LogP contribution in [0.2, 0.25) is 10.0 Å². The molecule has 0 fully saturated rings. The molecule has 3 atom stereocenters. The van der Waals surface area contributed by atoms with Gasteiger partial charge in [-0.25, -0.2) is 28.8 Å². The Hall–Kier alpha value is -7.08. The molecule has 0 spiro atoms. The lowest BCUT2D eigenvalue weighted by molar-refractivity contribution is -0.150. The Bertz CT molecular complexity index is 2410. The van der Waals surface area contributed by atoms with Crippen molar-refractivity contribution >= 4 is 71.0 Å². The molecule has 0 aliphatic carbocycles.